The van der Waals surface area contributed by atoms with Crippen molar-refractivity contribution in [2.75, 3.05) is 5.32 Å². The van der Waals surface area contributed by atoms with Crippen molar-refractivity contribution in [3.05, 3.63) is 77.2 Å². The third-order valence-corrected chi connectivity index (χ3v) is 3.56. The fraction of sp³-hybridized carbons (Fsp3) is 0.0556. The molecular weight excluding hydrogens is 383 g/mol. The zero-order valence-corrected chi connectivity index (χ0v) is 14.3. The van der Waals surface area contributed by atoms with E-state index in [0.29, 0.717) is 10.6 Å². The summed E-state index contributed by atoms with van der Waals surface area (Å²) >= 11 is 5.85. The maximum absolute atomic E-state index is 12.5. The summed E-state index contributed by atoms with van der Waals surface area (Å²) in [4.78, 5) is 19.5. The number of hydrogen-bond donors (Lipinski definition) is 1. The van der Waals surface area contributed by atoms with Crippen molar-refractivity contribution in [2.45, 2.75) is 6.18 Å². The van der Waals surface area contributed by atoms with Crippen LogP contribution in [0, 0.1) is 0 Å². The zero-order valence-electron chi connectivity index (χ0n) is 13.5. The van der Waals surface area contributed by atoms with Gasteiger partial charge in [-0.3, -0.25) is 4.79 Å². The molecule has 0 aliphatic carbocycles. The van der Waals surface area contributed by atoms with Crippen molar-refractivity contribution in [3.63, 3.8) is 0 Å². The molecule has 0 aliphatic heterocycles. The molecule has 5 nitrogen and oxygen atoms in total. The van der Waals surface area contributed by atoms with Crippen molar-refractivity contribution in [1.82, 2.24) is 9.97 Å². The molecular formula is C18H11ClF3N3O2. The molecule has 3 rings (SSSR count). The van der Waals surface area contributed by atoms with Crippen molar-refractivity contribution in [2.24, 2.45) is 0 Å². The van der Waals surface area contributed by atoms with Gasteiger partial charge >= 0.3 is 6.18 Å². The predicted octanol–water partition coefficient (Wildman–Crippen LogP) is 5.19. The molecule has 138 valence electrons. The number of anilines is 1. The van der Waals surface area contributed by atoms with Gasteiger partial charge < -0.3 is 10.1 Å². The number of amides is 1. The lowest BCUT2D eigenvalue weighted by Gasteiger charge is -2.09. The van der Waals surface area contributed by atoms with Crippen LogP contribution in [0.25, 0.3) is 0 Å². The first-order chi connectivity index (χ1) is 12.8. The second kappa shape index (κ2) is 7.63. The Balaban J connectivity index is 1.71. The second-order valence-corrected chi connectivity index (χ2v) is 5.76. The molecule has 0 fully saturated rings. The molecule has 2 aromatic heterocycles. The Morgan fingerprint density at radius 2 is 1.85 bits per heavy atom. The van der Waals surface area contributed by atoms with Crippen LogP contribution in [0.1, 0.15) is 16.1 Å². The lowest BCUT2D eigenvalue weighted by molar-refractivity contribution is -0.141. The lowest BCUT2D eigenvalue weighted by atomic mass is 10.2. The van der Waals surface area contributed by atoms with E-state index in [2.05, 4.69) is 15.3 Å². The summed E-state index contributed by atoms with van der Waals surface area (Å²) in [6.07, 6.45) is -2.17. The molecule has 27 heavy (non-hydrogen) atoms. The van der Waals surface area contributed by atoms with Gasteiger partial charge in [0.05, 0.1) is 6.20 Å². The Labute approximate surface area is 156 Å². The van der Waals surface area contributed by atoms with E-state index in [9.17, 15) is 18.0 Å². The van der Waals surface area contributed by atoms with E-state index < -0.39 is 17.8 Å². The molecule has 0 bridgehead atoms. The van der Waals surface area contributed by atoms with E-state index in [1.54, 1.807) is 18.2 Å². The second-order valence-electron chi connectivity index (χ2n) is 5.32. The molecule has 9 heteroatoms. The number of hydrogen-bond acceptors (Lipinski definition) is 4. The number of carbonyl (C=O) groups is 1. The highest BCUT2D eigenvalue weighted by Gasteiger charge is 2.32. The molecule has 0 aliphatic rings. The summed E-state index contributed by atoms with van der Waals surface area (Å²) in [7, 11) is 0. The fourth-order valence-electron chi connectivity index (χ4n) is 2.11. The maximum atomic E-state index is 12.5. The highest BCUT2D eigenvalue weighted by atomic mass is 35.5. The number of ether oxygens (including phenoxy) is 1. The molecule has 0 saturated carbocycles. The minimum absolute atomic E-state index is 0.112. The first-order valence-electron chi connectivity index (χ1n) is 7.55. The van der Waals surface area contributed by atoms with Crippen LogP contribution >= 0.6 is 11.6 Å². The maximum Gasteiger partial charge on any atom is 0.433 e. The first kappa shape index (κ1) is 18.7. The van der Waals surface area contributed by atoms with Gasteiger partial charge in [0.1, 0.15) is 23.0 Å². The molecule has 0 unspecified atom stereocenters. The van der Waals surface area contributed by atoms with Crippen LogP contribution < -0.4 is 10.1 Å². The Hall–Kier alpha value is -3.13. The van der Waals surface area contributed by atoms with E-state index in [1.807, 2.05) is 0 Å². The number of rotatable bonds is 4. The highest BCUT2D eigenvalue weighted by molar-refractivity contribution is 6.31. The number of carbonyl (C=O) groups excluding carboxylic acids is 1. The zero-order chi connectivity index (χ0) is 19.4. The largest absolute Gasteiger partial charge is 0.456 e. The Kier molecular flexibility index (Phi) is 5.27. The quantitative estimate of drug-likeness (QED) is 0.662. The fourth-order valence-corrected chi connectivity index (χ4v) is 2.30. The molecule has 1 N–H and O–H groups in total. The number of benzene rings is 1. The molecule has 1 aromatic carbocycles. The van der Waals surface area contributed by atoms with Crippen molar-refractivity contribution in [1.29, 1.82) is 0 Å². The monoisotopic (exact) mass is 393 g/mol. The van der Waals surface area contributed by atoms with Crippen molar-refractivity contribution in [3.8, 4) is 11.5 Å². The van der Waals surface area contributed by atoms with E-state index in [-0.39, 0.29) is 17.3 Å². The lowest BCUT2D eigenvalue weighted by Crippen LogP contribution is -2.12. The molecule has 3 aromatic rings. The Morgan fingerprint density at radius 1 is 1.04 bits per heavy atom. The molecule has 0 radical (unpaired) electrons. The van der Waals surface area contributed by atoms with E-state index in [1.165, 1.54) is 24.4 Å². The summed E-state index contributed by atoms with van der Waals surface area (Å²) < 4.78 is 43.0. The van der Waals surface area contributed by atoms with Gasteiger partial charge in [-0.2, -0.15) is 13.2 Å². The summed E-state index contributed by atoms with van der Waals surface area (Å²) in [5.41, 5.74) is -0.665. The van der Waals surface area contributed by atoms with Gasteiger partial charge in [-0.15, -0.1) is 0 Å². The number of alkyl halides is 3. The van der Waals surface area contributed by atoms with Crippen molar-refractivity contribution < 1.29 is 22.7 Å². The van der Waals surface area contributed by atoms with E-state index >= 15 is 0 Å². The minimum atomic E-state index is -4.52. The van der Waals surface area contributed by atoms with Gasteiger partial charge in [0.15, 0.2) is 0 Å². The Morgan fingerprint density at radius 3 is 2.52 bits per heavy atom. The van der Waals surface area contributed by atoms with E-state index in [4.69, 9.17) is 16.3 Å². The van der Waals surface area contributed by atoms with Crippen LogP contribution in [-0.2, 0) is 6.18 Å². The van der Waals surface area contributed by atoms with Gasteiger partial charge in [0, 0.05) is 22.8 Å². The number of halogens is 4. The molecule has 0 atom stereocenters. The van der Waals surface area contributed by atoms with Gasteiger partial charge in [0.2, 0.25) is 0 Å². The minimum Gasteiger partial charge on any atom is -0.456 e. The number of aromatic nitrogens is 2. The normalized spacial score (nSPS) is 11.1. The van der Waals surface area contributed by atoms with Gasteiger partial charge in [-0.05, 0) is 36.4 Å². The third-order valence-electron chi connectivity index (χ3n) is 3.32. The molecule has 0 saturated heterocycles. The van der Waals surface area contributed by atoms with Crippen LogP contribution in [0.5, 0.6) is 11.5 Å². The molecule has 2 heterocycles. The third kappa shape index (κ3) is 4.95. The summed E-state index contributed by atoms with van der Waals surface area (Å²) in [5.74, 6) is 0.171. The van der Waals surface area contributed by atoms with Gasteiger partial charge in [-0.25, -0.2) is 9.97 Å². The topological polar surface area (TPSA) is 64.1 Å². The predicted molar refractivity (Wildman–Crippen MR) is 93.0 cm³/mol. The summed E-state index contributed by atoms with van der Waals surface area (Å²) in [6, 6.07) is 11.3. The number of nitrogens with zero attached hydrogens (tertiary/aromatic N) is 2. The van der Waals surface area contributed by atoms with Gasteiger partial charge in [0.25, 0.3) is 5.91 Å². The van der Waals surface area contributed by atoms with Crippen LogP contribution in [0.3, 0.4) is 0 Å². The van der Waals surface area contributed by atoms with Crippen LogP contribution in [0.15, 0.2) is 60.9 Å². The smallest absolute Gasteiger partial charge is 0.433 e. The van der Waals surface area contributed by atoms with Crippen LogP contribution in [-0.4, -0.2) is 15.9 Å². The van der Waals surface area contributed by atoms with Crippen molar-refractivity contribution >= 4 is 23.3 Å². The average Bonchev–Trinajstić information content (AvgIpc) is 2.62. The SMILES string of the molecule is O=C(Nc1cc(Oc2ccc(C(F)(F)F)nc2)ccn1)c1cccc(Cl)c1. The van der Waals surface area contributed by atoms with Crippen LogP contribution in [0.2, 0.25) is 5.02 Å². The number of pyridine rings is 2. The van der Waals surface area contributed by atoms with E-state index in [0.717, 1.165) is 18.3 Å². The molecule has 0 spiro atoms. The van der Waals surface area contributed by atoms with Crippen LogP contribution in [0.4, 0.5) is 19.0 Å². The standard InChI is InChI=1S/C18H11ClF3N3O2/c19-12-3-1-2-11(8-12)17(26)25-16-9-13(6-7-23-16)27-14-4-5-15(24-10-14)18(20,21)22/h1-10H,(H,23,25,26). The summed E-state index contributed by atoms with van der Waals surface area (Å²) in [6.45, 7) is 0. The van der Waals surface area contributed by atoms with Gasteiger partial charge in [-0.1, -0.05) is 17.7 Å². The Bertz CT molecular complexity index is 963. The molecule has 1 amide bonds. The number of nitrogens with one attached hydrogen (secondary N) is 1. The first-order valence-corrected chi connectivity index (χ1v) is 7.93. The highest BCUT2D eigenvalue weighted by Crippen LogP contribution is 2.29. The summed E-state index contributed by atoms with van der Waals surface area (Å²) in [5, 5.41) is 3.01. The average molecular weight is 394 g/mol.